The van der Waals surface area contributed by atoms with Crippen molar-refractivity contribution < 1.29 is 9.21 Å². The number of carbonyl (C=O) groups excluding carboxylic acids is 1. The van der Waals surface area contributed by atoms with E-state index in [1.165, 1.54) is 21.9 Å². The predicted octanol–water partition coefficient (Wildman–Crippen LogP) is 4.42. The van der Waals surface area contributed by atoms with Crippen LogP contribution in [0.25, 0.3) is 20.5 Å². The maximum Gasteiger partial charge on any atom is 0.251 e. The molecule has 1 aliphatic rings. The van der Waals surface area contributed by atoms with Crippen molar-refractivity contribution in [1.29, 1.82) is 0 Å². The Hall–Kier alpha value is -3.25. The van der Waals surface area contributed by atoms with Crippen molar-refractivity contribution in [2.24, 2.45) is 4.99 Å². The number of rotatable bonds is 4. The topological polar surface area (TPSA) is 67.5 Å². The lowest BCUT2D eigenvalue weighted by molar-refractivity contribution is 0.0947. The van der Waals surface area contributed by atoms with Crippen LogP contribution in [0.2, 0.25) is 0 Å². The van der Waals surface area contributed by atoms with Gasteiger partial charge in [-0.05, 0) is 46.3 Å². The van der Waals surface area contributed by atoms with Gasteiger partial charge >= 0.3 is 0 Å². The lowest BCUT2D eigenvalue weighted by Crippen LogP contribution is -2.23. The minimum atomic E-state index is -0.154. The van der Waals surface area contributed by atoms with Gasteiger partial charge in [-0.15, -0.1) is 11.3 Å². The summed E-state index contributed by atoms with van der Waals surface area (Å²) in [4.78, 5) is 22.3. The molecule has 5 rings (SSSR count). The lowest BCUT2D eigenvalue weighted by atomic mass is 9.97. The van der Waals surface area contributed by atoms with Crippen LogP contribution < -0.4 is 5.32 Å². The summed E-state index contributed by atoms with van der Waals surface area (Å²) in [6, 6.07) is 14.4. The molecule has 132 valence electrons. The van der Waals surface area contributed by atoms with Crippen LogP contribution in [-0.4, -0.2) is 17.1 Å². The van der Waals surface area contributed by atoms with Crippen LogP contribution in [0, 0.1) is 0 Å². The molecule has 0 fully saturated rings. The second-order valence-corrected chi connectivity index (χ2v) is 7.40. The Morgan fingerprint density at radius 3 is 3.00 bits per heavy atom. The molecule has 27 heavy (non-hydrogen) atoms. The Morgan fingerprint density at radius 2 is 2.15 bits per heavy atom. The first-order valence-corrected chi connectivity index (χ1v) is 9.42. The molecule has 0 saturated carbocycles. The molecule has 1 N–H and O–H groups in total. The van der Waals surface area contributed by atoms with E-state index in [0.717, 1.165) is 16.0 Å². The van der Waals surface area contributed by atoms with Crippen LogP contribution in [-0.2, 0) is 13.1 Å². The highest BCUT2D eigenvalue weighted by atomic mass is 32.1. The molecule has 0 saturated heterocycles. The number of nitrogens with one attached hydrogen (secondary N) is 1. The van der Waals surface area contributed by atoms with E-state index in [-0.39, 0.29) is 12.5 Å². The molecule has 1 aliphatic heterocycles. The first-order chi connectivity index (χ1) is 13.3. The molecule has 2 aromatic heterocycles. The third-order valence-electron chi connectivity index (χ3n) is 4.60. The molecule has 0 aliphatic carbocycles. The van der Waals surface area contributed by atoms with E-state index in [9.17, 15) is 4.79 Å². The summed E-state index contributed by atoms with van der Waals surface area (Å²) in [6.45, 7) is 0.909. The number of hydrogen-bond acceptors (Lipinski definition) is 5. The number of carbonyl (C=O) groups is 1. The molecule has 3 heterocycles. The molecule has 6 heteroatoms. The summed E-state index contributed by atoms with van der Waals surface area (Å²) in [5.41, 5.74) is 3.87. The van der Waals surface area contributed by atoms with Gasteiger partial charge < -0.3 is 9.73 Å². The molecule has 0 unspecified atom stereocenters. The molecule has 5 nitrogen and oxygen atoms in total. The predicted molar refractivity (Wildman–Crippen MR) is 106 cm³/mol. The Labute approximate surface area is 159 Å². The highest BCUT2D eigenvalue weighted by molar-refractivity contribution is 7.22. The van der Waals surface area contributed by atoms with Gasteiger partial charge in [-0.1, -0.05) is 18.2 Å². The van der Waals surface area contributed by atoms with E-state index in [2.05, 4.69) is 33.5 Å². The maximum absolute atomic E-state index is 12.7. The smallest absolute Gasteiger partial charge is 0.251 e. The summed E-state index contributed by atoms with van der Waals surface area (Å²) < 4.78 is 6.41. The summed E-state index contributed by atoms with van der Waals surface area (Å²) in [6.07, 6.45) is 4.90. The van der Waals surface area contributed by atoms with Crippen LogP contribution in [0.1, 0.15) is 27.4 Å². The van der Waals surface area contributed by atoms with Crippen LogP contribution in [0.5, 0.6) is 0 Å². The van der Waals surface area contributed by atoms with E-state index < -0.39 is 0 Å². The zero-order valence-electron chi connectivity index (χ0n) is 14.3. The zero-order chi connectivity index (χ0) is 18.2. The Balaban J connectivity index is 1.52. The van der Waals surface area contributed by atoms with Crippen LogP contribution >= 0.6 is 11.3 Å². The van der Waals surface area contributed by atoms with Crippen molar-refractivity contribution in [3.8, 4) is 10.4 Å². The largest absolute Gasteiger partial charge is 0.447 e. The van der Waals surface area contributed by atoms with E-state index >= 15 is 0 Å². The normalized spacial score (nSPS) is 12.4. The fourth-order valence-corrected chi connectivity index (χ4v) is 4.39. The fourth-order valence-electron chi connectivity index (χ4n) is 3.29. The number of amides is 1. The Bertz CT molecular complexity index is 1140. The zero-order valence-corrected chi connectivity index (χ0v) is 15.1. The van der Waals surface area contributed by atoms with Crippen LogP contribution in [0.3, 0.4) is 0 Å². The van der Waals surface area contributed by atoms with Crippen molar-refractivity contribution in [2.45, 2.75) is 13.1 Å². The molecule has 4 aromatic rings. The first kappa shape index (κ1) is 16.0. The second kappa shape index (κ2) is 6.48. The van der Waals surface area contributed by atoms with E-state index in [4.69, 9.17) is 4.42 Å². The number of oxazole rings is 1. The van der Waals surface area contributed by atoms with Crippen LogP contribution in [0.15, 0.2) is 64.3 Å². The number of thiophene rings is 1. The minimum Gasteiger partial charge on any atom is -0.447 e. The molecule has 1 amide bonds. The van der Waals surface area contributed by atoms with Gasteiger partial charge in [0.25, 0.3) is 5.91 Å². The van der Waals surface area contributed by atoms with Gasteiger partial charge in [-0.3, -0.25) is 9.79 Å². The SMILES string of the molecule is O=C(NCc1ncco1)c1cc2c(c(-c3cc4ccccc4s3)c1)CN=C2. The molecular formula is C21H15N3O2S. The molecule has 0 atom stereocenters. The van der Waals surface area contributed by atoms with E-state index in [1.54, 1.807) is 17.5 Å². The van der Waals surface area contributed by atoms with Crippen molar-refractivity contribution in [3.05, 3.63) is 77.5 Å². The second-order valence-electron chi connectivity index (χ2n) is 6.32. The summed E-state index contributed by atoms with van der Waals surface area (Å²) in [5.74, 6) is 0.328. The monoisotopic (exact) mass is 373 g/mol. The van der Waals surface area contributed by atoms with E-state index in [1.807, 2.05) is 30.5 Å². The summed E-state index contributed by atoms with van der Waals surface area (Å²) in [7, 11) is 0. The van der Waals surface area contributed by atoms with Gasteiger partial charge in [0.2, 0.25) is 5.89 Å². The molecule has 0 spiro atoms. The highest BCUT2D eigenvalue weighted by Crippen LogP contribution is 2.38. The minimum absolute atomic E-state index is 0.154. The average molecular weight is 373 g/mol. The standard InChI is InChI=1S/C21H15N3O2S/c25-21(24-12-20-23-5-6-26-20)14-7-15-10-22-11-17(15)16(8-14)19-9-13-3-1-2-4-18(13)27-19/h1-10H,11-12H2,(H,24,25). The summed E-state index contributed by atoms with van der Waals surface area (Å²) >= 11 is 1.74. The highest BCUT2D eigenvalue weighted by Gasteiger charge is 2.19. The van der Waals surface area contributed by atoms with Crippen LogP contribution in [0.4, 0.5) is 0 Å². The number of aromatic nitrogens is 1. The van der Waals surface area contributed by atoms with Crippen molar-refractivity contribution in [2.75, 3.05) is 0 Å². The van der Waals surface area contributed by atoms with Crippen molar-refractivity contribution in [3.63, 3.8) is 0 Å². The third kappa shape index (κ3) is 2.94. The molecule has 0 bridgehead atoms. The van der Waals surface area contributed by atoms with Gasteiger partial charge in [0.1, 0.15) is 6.26 Å². The quantitative estimate of drug-likeness (QED) is 0.576. The van der Waals surface area contributed by atoms with Crippen molar-refractivity contribution in [1.82, 2.24) is 10.3 Å². The molecular weight excluding hydrogens is 358 g/mol. The lowest BCUT2D eigenvalue weighted by Gasteiger charge is -2.10. The van der Waals surface area contributed by atoms with Gasteiger partial charge in [-0.2, -0.15) is 0 Å². The number of aliphatic imine (C=N–C) groups is 1. The number of fused-ring (bicyclic) bond motifs is 2. The first-order valence-electron chi connectivity index (χ1n) is 8.60. The molecule has 0 radical (unpaired) electrons. The average Bonchev–Trinajstić information content (AvgIpc) is 3.45. The number of nitrogens with zero attached hydrogens (tertiary/aromatic N) is 2. The van der Waals surface area contributed by atoms with Crippen molar-refractivity contribution >= 4 is 33.5 Å². The fraction of sp³-hybridized carbons (Fsp3) is 0.0952. The maximum atomic E-state index is 12.7. The Morgan fingerprint density at radius 1 is 1.22 bits per heavy atom. The van der Waals surface area contributed by atoms with Gasteiger partial charge in [-0.25, -0.2) is 4.98 Å². The molecule has 2 aromatic carbocycles. The van der Waals surface area contributed by atoms with E-state index in [0.29, 0.717) is 18.0 Å². The van der Waals surface area contributed by atoms with Gasteiger partial charge in [0, 0.05) is 21.4 Å². The summed E-state index contributed by atoms with van der Waals surface area (Å²) in [5, 5.41) is 4.07. The van der Waals surface area contributed by atoms with Gasteiger partial charge in [0.15, 0.2) is 0 Å². The number of hydrogen-bond donors (Lipinski definition) is 1. The Kier molecular flexibility index (Phi) is 3.83. The number of benzene rings is 2. The van der Waals surface area contributed by atoms with Gasteiger partial charge in [0.05, 0.1) is 19.3 Å². The third-order valence-corrected chi connectivity index (χ3v) is 5.75.